The number of nitrogens with zero attached hydrogens (tertiary/aromatic N) is 1. The number of non-ortho nitro benzene ring substituents is 1. The van der Waals surface area contributed by atoms with Gasteiger partial charge in [0.15, 0.2) is 0 Å². The van der Waals surface area contributed by atoms with E-state index in [2.05, 4.69) is 15.4 Å². The molecule has 0 atom stereocenters. The van der Waals surface area contributed by atoms with Crippen LogP contribution in [0.25, 0.3) is 0 Å². The summed E-state index contributed by atoms with van der Waals surface area (Å²) < 4.78 is 9.63. The molecule has 0 heterocycles. The third kappa shape index (κ3) is 4.97. The first kappa shape index (κ1) is 16.2. The Balaban J connectivity index is 2.72. The minimum atomic E-state index is -0.707. The molecule has 0 unspecified atom stereocenters. The molecule has 1 aromatic carbocycles. The molecule has 0 radical (unpaired) electrons. The summed E-state index contributed by atoms with van der Waals surface area (Å²) in [5.41, 5.74) is -0.0791. The lowest BCUT2D eigenvalue weighted by Gasteiger charge is -2.10. The summed E-state index contributed by atoms with van der Waals surface area (Å²) in [6.45, 7) is 1.55. The van der Waals surface area contributed by atoms with Crippen molar-refractivity contribution in [1.29, 1.82) is 0 Å². The van der Waals surface area contributed by atoms with Crippen molar-refractivity contribution in [3.05, 3.63) is 28.3 Å². The van der Waals surface area contributed by atoms with Gasteiger partial charge in [0, 0.05) is 12.1 Å². The highest BCUT2D eigenvalue weighted by atomic mass is 16.6. The van der Waals surface area contributed by atoms with Crippen molar-refractivity contribution in [1.82, 2.24) is 5.32 Å². The third-order valence-corrected chi connectivity index (χ3v) is 2.34. The van der Waals surface area contributed by atoms with Crippen LogP contribution in [0.3, 0.4) is 0 Å². The Labute approximate surface area is 120 Å². The normalized spacial score (nSPS) is 9.62. The Kier molecular flexibility index (Phi) is 5.93. The van der Waals surface area contributed by atoms with Crippen molar-refractivity contribution < 1.29 is 24.0 Å². The minimum Gasteiger partial charge on any atom is -0.495 e. The van der Waals surface area contributed by atoms with Crippen molar-refractivity contribution in [2.75, 3.05) is 25.6 Å². The van der Waals surface area contributed by atoms with Gasteiger partial charge >= 0.3 is 12.0 Å². The van der Waals surface area contributed by atoms with Gasteiger partial charge in [0.1, 0.15) is 12.3 Å². The molecule has 1 rings (SSSR count). The second-order valence-corrected chi connectivity index (χ2v) is 3.75. The number of anilines is 1. The van der Waals surface area contributed by atoms with Crippen LogP contribution in [-0.4, -0.2) is 37.2 Å². The topological polar surface area (TPSA) is 120 Å². The predicted molar refractivity (Wildman–Crippen MR) is 73.3 cm³/mol. The number of methoxy groups -OCH3 is 1. The van der Waals surface area contributed by atoms with Crippen molar-refractivity contribution in [2.45, 2.75) is 6.92 Å². The smallest absolute Gasteiger partial charge is 0.325 e. The van der Waals surface area contributed by atoms with Crippen molar-refractivity contribution in [2.24, 2.45) is 0 Å². The van der Waals surface area contributed by atoms with Crippen molar-refractivity contribution >= 4 is 23.4 Å². The number of amides is 2. The molecule has 2 amide bonds. The fourth-order valence-electron chi connectivity index (χ4n) is 1.44. The van der Waals surface area contributed by atoms with Crippen molar-refractivity contribution in [3.8, 4) is 5.75 Å². The maximum atomic E-state index is 11.6. The molecule has 0 saturated heterocycles. The Hall–Kier alpha value is -2.84. The highest BCUT2D eigenvalue weighted by molar-refractivity contribution is 5.93. The van der Waals surface area contributed by atoms with Gasteiger partial charge in [-0.25, -0.2) is 4.79 Å². The van der Waals surface area contributed by atoms with Crippen LogP contribution in [0.1, 0.15) is 6.92 Å². The van der Waals surface area contributed by atoms with E-state index in [0.29, 0.717) is 0 Å². The van der Waals surface area contributed by atoms with Gasteiger partial charge in [-0.2, -0.15) is 0 Å². The standard InChI is InChI=1S/C12H15N3O6/c1-3-21-11(16)7-13-12(17)14-9-6-8(15(18)19)4-5-10(9)20-2/h4-6H,3,7H2,1-2H3,(H2,13,14,17). The largest absolute Gasteiger partial charge is 0.495 e. The van der Waals surface area contributed by atoms with Gasteiger partial charge in [0.05, 0.1) is 24.3 Å². The number of ether oxygens (including phenoxy) is 2. The van der Waals surface area contributed by atoms with Gasteiger partial charge in [-0.15, -0.1) is 0 Å². The number of esters is 1. The van der Waals surface area contributed by atoms with Gasteiger partial charge in [0.2, 0.25) is 0 Å². The molecule has 2 N–H and O–H groups in total. The predicted octanol–water partition coefficient (Wildman–Crippen LogP) is 1.29. The summed E-state index contributed by atoms with van der Waals surface area (Å²) in [5.74, 6) is -0.328. The number of carbonyl (C=O) groups is 2. The molecular formula is C12H15N3O6. The molecule has 0 aliphatic heterocycles. The van der Waals surface area contributed by atoms with E-state index >= 15 is 0 Å². The van der Waals surface area contributed by atoms with Gasteiger partial charge in [0.25, 0.3) is 5.69 Å². The van der Waals surface area contributed by atoms with E-state index in [9.17, 15) is 19.7 Å². The first-order chi connectivity index (χ1) is 9.97. The average Bonchev–Trinajstić information content (AvgIpc) is 2.45. The van der Waals surface area contributed by atoms with Crippen LogP contribution in [0, 0.1) is 10.1 Å². The van der Waals surface area contributed by atoms with E-state index in [4.69, 9.17) is 4.74 Å². The van der Waals surface area contributed by atoms with E-state index in [0.717, 1.165) is 6.07 Å². The fraction of sp³-hybridized carbons (Fsp3) is 0.333. The molecule has 0 aromatic heterocycles. The molecule has 0 bridgehead atoms. The molecule has 21 heavy (non-hydrogen) atoms. The van der Waals surface area contributed by atoms with Gasteiger partial charge in [-0.1, -0.05) is 0 Å². The molecule has 0 saturated carbocycles. The lowest BCUT2D eigenvalue weighted by Crippen LogP contribution is -2.34. The maximum Gasteiger partial charge on any atom is 0.325 e. The fourth-order valence-corrected chi connectivity index (χ4v) is 1.44. The monoisotopic (exact) mass is 297 g/mol. The highest BCUT2D eigenvalue weighted by Crippen LogP contribution is 2.28. The molecule has 9 heteroatoms. The first-order valence-corrected chi connectivity index (χ1v) is 6.00. The van der Waals surface area contributed by atoms with Crippen LogP contribution in [0.2, 0.25) is 0 Å². The summed E-state index contributed by atoms with van der Waals surface area (Å²) in [5, 5.41) is 15.3. The van der Waals surface area contributed by atoms with Crippen LogP contribution >= 0.6 is 0 Å². The lowest BCUT2D eigenvalue weighted by molar-refractivity contribution is -0.384. The molecule has 9 nitrogen and oxygen atoms in total. The molecule has 0 aliphatic carbocycles. The summed E-state index contributed by atoms with van der Waals surface area (Å²) in [7, 11) is 1.36. The number of hydrogen-bond donors (Lipinski definition) is 2. The summed E-state index contributed by atoms with van der Waals surface area (Å²) in [6, 6.07) is 3.06. The first-order valence-electron chi connectivity index (χ1n) is 6.00. The SMILES string of the molecule is CCOC(=O)CNC(=O)Nc1cc([N+](=O)[O-])ccc1OC. The second-order valence-electron chi connectivity index (χ2n) is 3.75. The molecule has 0 spiro atoms. The van der Waals surface area contributed by atoms with E-state index in [1.54, 1.807) is 6.92 Å². The molecule has 0 fully saturated rings. The number of rotatable bonds is 6. The average molecular weight is 297 g/mol. The van der Waals surface area contributed by atoms with Crippen LogP contribution in [-0.2, 0) is 9.53 Å². The van der Waals surface area contributed by atoms with Gasteiger partial charge < -0.3 is 20.1 Å². The number of nitrogens with one attached hydrogen (secondary N) is 2. The van der Waals surface area contributed by atoms with Crippen LogP contribution in [0.5, 0.6) is 5.75 Å². The number of urea groups is 1. The third-order valence-electron chi connectivity index (χ3n) is 2.34. The molecule has 114 valence electrons. The zero-order chi connectivity index (χ0) is 15.8. The quantitative estimate of drug-likeness (QED) is 0.463. The summed E-state index contributed by atoms with van der Waals surface area (Å²) >= 11 is 0. The molecule has 1 aromatic rings. The van der Waals surface area contributed by atoms with Crippen LogP contribution in [0.4, 0.5) is 16.2 Å². The number of benzene rings is 1. The van der Waals surface area contributed by atoms with Gasteiger partial charge in [-0.3, -0.25) is 14.9 Å². The number of nitro groups is 1. The van der Waals surface area contributed by atoms with Crippen molar-refractivity contribution in [3.63, 3.8) is 0 Å². The second kappa shape index (κ2) is 7.68. The Morgan fingerprint density at radius 3 is 2.67 bits per heavy atom. The number of carbonyl (C=O) groups excluding carboxylic acids is 2. The number of nitro benzene ring substituents is 1. The lowest BCUT2D eigenvalue weighted by atomic mass is 10.2. The molecular weight excluding hydrogens is 282 g/mol. The van der Waals surface area contributed by atoms with E-state index in [1.807, 2.05) is 0 Å². The Bertz CT molecular complexity index is 546. The van der Waals surface area contributed by atoms with Crippen LogP contribution in [0.15, 0.2) is 18.2 Å². The summed E-state index contributed by atoms with van der Waals surface area (Å²) in [4.78, 5) is 32.8. The van der Waals surface area contributed by atoms with E-state index in [-0.39, 0.29) is 30.3 Å². The van der Waals surface area contributed by atoms with E-state index in [1.165, 1.54) is 19.2 Å². The van der Waals surface area contributed by atoms with Gasteiger partial charge in [-0.05, 0) is 13.0 Å². The highest BCUT2D eigenvalue weighted by Gasteiger charge is 2.14. The Morgan fingerprint density at radius 1 is 1.38 bits per heavy atom. The Morgan fingerprint density at radius 2 is 2.10 bits per heavy atom. The van der Waals surface area contributed by atoms with Crippen LogP contribution < -0.4 is 15.4 Å². The summed E-state index contributed by atoms with van der Waals surface area (Å²) in [6.07, 6.45) is 0. The zero-order valence-corrected chi connectivity index (χ0v) is 11.5. The molecule has 0 aliphatic rings. The van der Waals surface area contributed by atoms with E-state index < -0.39 is 16.9 Å². The minimum absolute atomic E-state index is 0.119. The zero-order valence-electron chi connectivity index (χ0n) is 11.5. The number of hydrogen-bond acceptors (Lipinski definition) is 6. The maximum absolute atomic E-state index is 11.6.